The van der Waals surface area contributed by atoms with Gasteiger partial charge in [-0.25, -0.2) is 4.98 Å². The molecule has 17 heavy (non-hydrogen) atoms. The van der Waals surface area contributed by atoms with Crippen molar-refractivity contribution in [3.8, 4) is 0 Å². The van der Waals surface area contributed by atoms with Crippen LogP contribution in [-0.2, 0) is 0 Å². The molecule has 0 saturated carbocycles. The highest BCUT2D eigenvalue weighted by Gasteiger charge is 2.18. The Morgan fingerprint density at radius 3 is 2.88 bits per heavy atom. The normalized spacial score (nSPS) is 15.0. The van der Waals surface area contributed by atoms with Gasteiger partial charge in [0.2, 0.25) is 0 Å². The summed E-state index contributed by atoms with van der Waals surface area (Å²) in [5, 5.41) is 20.8. The van der Waals surface area contributed by atoms with Crippen LogP contribution in [0, 0.1) is 0 Å². The van der Waals surface area contributed by atoms with Gasteiger partial charge in [0.05, 0.1) is 16.3 Å². The molecule has 4 nitrogen and oxygen atoms in total. The fraction of sp³-hybridized carbons (Fsp3) is 0.364. The number of aliphatic hydroxyl groups is 2. The third-order valence-electron chi connectivity index (χ3n) is 2.54. The molecule has 0 spiro atoms. The largest absolute Gasteiger partial charge is 0.390 e. The van der Waals surface area contributed by atoms with Crippen LogP contribution in [0.3, 0.4) is 0 Å². The van der Waals surface area contributed by atoms with Gasteiger partial charge < -0.3 is 15.9 Å². The molecule has 0 aliphatic heterocycles. The fourth-order valence-electron chi connectivity index (χ4n) is 1.64. The molecule has 92 valence electrons. The Kier molecular flexibility index (Phi) is 3.98. The molecule has 6 heteroatoms. The van der Waals surface area contributed by atoms with E-state index in [1.165, 1.54) is 11.3 Å². The first-order chi connectivity index (χ1) is 8.11. The summed E-state index contributed by atoms with van der Waals surface area (Å²) >= 11 is 4.64. The van der Waals surface area contributed by atoms with Crippen molar-refractivity contribution < 1.29 is 10.2 Å². The van der Waals surface area contributed by atoms with Gasteiger partial charge in [-0.05, 0) is 24.1 Å². The molecule has 0 aliphatic carbocycles. The van der Waals surface area contributed by atoms with Crippen LogP contribution in [0.15, 0.2) is 18.2 Å². The minimum Gasteiger partial charge on any atom is -0.390 e. The zero-order valence-corrected chi connectivity index (χ0v) is 11.4. The number of anilines is 1. The maximum absolute atomic E-state index is 9.96. The quantitative estimate of drug-likeness (QED) is 0.754. The summed E-state index contributed by atoms with van der Waals surface area (Å²) in [6.07, 6.45) is -1.17. The van der Waals surface area contributed by atoms with E-state index in [1.54, 1.807) is 12.1 Å². The molecule has 0 amide bonds. The van der Waals surface area contributed by atoms with E-state index < -0.39 is 12.2 Å². The Bertz CT molecular complexity index is 517. The summed E-state index contributed by atoms with van der Waals surface area (Å²) in [6.45, 7) is 0. The first kappa shape index (κ1) is 12.8. The first-order valence-electron chi connectivity index (χ1n) is 5.20. The van der Waals surface area contributed by atoms with Gasteiger partial charge in [-0.15, -0.1) is 0 Å². The second kappa shape index (κ2) is 5.30. The molecule has 2 atom stereocenters. The average molecular weight is 317 g/mol. The number of aromatic nitrogens is 1. The highest BCUT2D eigenvalue weighted by atomic mass is 79.9. The van der Waals surface area contributed by atoms with Gasteiger partial charge in [0.1, 0.15) is 6.10 Å². The van der Waals surface area contributed by atoms with Crippen molar-refractivity contribution in [2.75, 3.05) is 11.1 Å². The minimum absolute atomic E-state index is 0.498. The number of hydrogen-bond acceptors (Lipinski definition) is 5. The van der Waals surface area contributed by atoms with Gasteiger partial charge in [-0.2, -0.15) is 0 Å². The number of nitrogens with two attached hydrogens (primary N) is 1. The number of fused-ring (bicyclic) bond motifs is 1. The van der Waals surface area contributed by atoms with Crippen LogP contribution < -0.4 is 5.73 Å². The molecule has 0 radical (unpaired) electrons. The van der Waals surface area contributed by atoms with Gasteiger partial charge in [0, 0.05) is 5.33 Å². The van der Waals surface area contributed by atoms with Crippen LogP contribution in [0.5, 0.6) is 0 Å². The second-order valence-electron chi connectivity index (χ2n) is 3.77. The summed E-state index contributed by atoms with van der Waals surface area (Å²) < 4.78 is 0.980. The van der Waals surface area contributed by atoms with Gasteiger partial charge in [0.25, 0.3) is 0 Å². The Labute approximate surface area is 111 Å². The van der Waals surface area contributed by atoms with Gasteiger partial charge in [-0.3, -0.25) is 0 Å². The van der Waals surface area contributed by atoms with Crippen molar-refractivity contribution in [3.63, 3.8) is 0 Å². The molecule has 2 unspecified atom stereocenters. The van der Waals surface area contributed by atoms with Crippen LogP contribution in [0.2, 0.25) is 0 Å². The van der Waals surface area contributed by atoms with E-state index in [1.807, 2.05) is 6.07 Å². The lowest BCUT2D eigenvalue weighted by Crippen LogP contribution is -2.18. The minimum atomic E-state index is -0.889. The van der Waals surface area contributed by atoms with Crippen LogP contribution in [0.1, 0.15) is 18.1 Å². The van der Waals surface area contributed by atoms with Gasteiger partial charge in [0.15, 0.2) is 5.13 Å². The predicted molar refractivity (Wildman–Crippen MR) is 73.4 cm³/mol. The van der Waals surface area contributed by atoms with Crippen molar-refractivity contribution in [1.29, 1.82) is 0 Å². The molecule has 0 fully saturated rings. The molecule has 0 aliphatic rings. The lowest BCUT2D eigenvalue weighted by molar-refractivity contribution is 0.0174. The van der Waals surface area contributed by atoms with E-state index in [9.17, 15) is 10.2 Å². The highest BCUT2D eigenvalue weighted by molar-refractivity contribution is 9.09. The van der Waals surface area contributed by atoms with E-state index in [-0.39, 0.29) is 0 Å². The molecule has 2 aromatic rings. The second-order valence-corrected chi connectivity index (χ2v) is 5.62. The Hall–Kier alpha value is -0.690. The molecule has 1 aromatic heterocycles. The highest BCUT2D eigenvalue weighted by Crippen LogP contribution is 2.28. The summed E-state index contributed by atoms with van der Waals surface area (Å²) in [5.41, 5.74) is 7.04. The summed E-state index contributed by atoms with van der Waals surface area (Å²) in [4.78, 5) is 4.16. The van der Waals surface area contributed by atoms with E-state index in [0.717, 1.165) is 10.2 Å². The van der Waals surface area contributed by atoms with E-state index in [4.69, 9.17) is 5.73 Å². The number of halogens is 1. The average Bonchev–Trinajstić information content (AvgIpc) is 2.67. The number of nitrogen functional groups attached to an aromatic ring is 1. The van der Waals surface area contributed by atoms with Crippen molar-refractivity contribution in [3.05, 3.63) is 23.8 Å². The van der Waals surface area contributed by atoms with Crippen molar-refractivity contribution >= 4 is 42.6 Å². The summed E-state index contributed by atoms with van der Waals surface area (Å²) in [6, 6.07) is 5.43. The SMILES string of the molecule is Nc1nc2cc(C(O)C(O)CCBr)ccc2s1. The van der Waals surface area contributed by atoms with E-state index >= 15 is 0 Å². The zero-order valence-electron chi connectivity index (χ0n) is 9.01. The van der Waals surface area contributed by atoms with Gasteiger partial charge >= 0.3 is 0 Å². The summed E-state index contributed by atoms with van der Waals surface area (Å²) in [7, 11) is 0. The zero-order chi connectivity index (χ0) is 12.4. The van der Waals surface area contributed by atoms with Crippen molar-refractivity contribution in [2.24, 2.45) is 0 Å². The molecular formula is C11H13BrN2O2S. The number of aliphatic hydroxyl groups excluding tert-OH is 2. The Morgan fingerprint density at radius 2 is 2.18 bits per heavy atom. The van der Waals surface area contributed by atoms with E-state index in [2.05, 4.69) is 20.9 Å². The monoisotopic (exact) mass is 316 g/mol. The first-order valence-corrected chi connectivity index (χ1v) is 7.13. The number of nitrogens with zero attached hydrogens (tertiary/aromatic N) is 1. The summed E-state index contributed by atoms with van der Waals surface area (Å²) in [5.74, 6) is 0. The molecule has 4 N–H and O–H groups in total. The van der Waals surface area contributed by atoms with Crippen LogP contribution >= 0.6 is 27.3 Å². The van der Waals surface area contributed by atoms with Crippen LogP contribution in [-0.4, -0.2) is 26.6 Å². The van der Waals surface area contributed by atoms with Crippen molar-refractivity contribution in [2.45, 2.75) is 18.6 Å². The third kappa shape index (κ3) is 2.77. The van der Waals surface area contributed by atoms with Crippen LogP contribution in [0.25, 0.3) is 10.2 Å². The standard InChI is InChI=1S/C11H13BrN2O2S/c12-4-3-8(15)10(16)6-1-2-9-7(5-6)14-11(13)17-9/h1-2,5,8,10,15-16H,3-4H2,(H2,13,14). The van der Waals surface area contributed by atoms with E-state index in [0.29, 0.717) is 22.4 Å². The van der Waals surface area contributed by atoms with Crippen molar-refractivity contribution in [1.82, 2.24) is 4.98 Å². The maximum atomic E-state index is 9.96. The number of thiazole rings is 1. The number of hydrogen-bond donors (Lipinski definition) is 3. The lowest BCUT2D eigenvalue weighted by atomic mass is 10.0. The Balaban J connectivity index is 2.28. The predicted octanol–water partition coefficient (Wildman–Crippen LogP) is 2.06. The Morgan fingerprint density at radius 1 is 1.41 bits per heavy atom. The van der Waals surface area contributed by atoms with Crippen LogP contribution in [0.4, 0.5) is 5.13 Å². The number of benzene rings is 1. The molecule has 2 rings (SSSR count). The number of alkyl halides is 1. The topological polar surface area (TPSA) is 79.4 Å². The number of rotatable bonds is 4. The maximum Gasteiger partial charge on any atom is 0.181 e. The fourth-order valence-corrected chi connectivity index (χ4v) is 2.82. The van der Waals surface area contributed by atoms with Gasteiger partial charge in [-0.1, -0.05) is 33.3 Å². The molecule has 1 aromatic carbocycles. The lowest BCUT2D eigenvalue weighted by Gasteiger charge is -2.17. The molecular weight excluding hydrogens is 304 g/mol. The molecule has 0 saturated heterocycles. The molecule has 0 bridgehead atoms. The molecule has 1 heterocycles. The smallest absolute Gasteiger partial charge is 0.181 e. The third-order valence-corrected chi connectivity index (χ3v) is 3.86.